The number of nitrogens with zero attached hydrogens (tertiary/aromatic N) is 1. The number of allylic oxidation sites excluding steroid dienone is 2. The molecule has 68 valence electrons. The molecule has 1 aromatic heterocycles. The second-order valence-electron chi connectivity index (χ2n) is 2.67. The third kappa shape index (κ3) is 2.71. The minimum atomic E-state index is 0.397. The Morgan fingerprint density at radius 1 is 1.62 bits per heavy atom. The Labute approximate surface area is 77.8 Å². The molecule has 0 unspecified atom stereocenters. The van der Waals surface area contributed by atoms with Gasteiger partial charge in [-0.15, -0.1) is 0 Å². The maximum absolute atomic E-state index is 7.62. The summed E-state index contributed by atoms with van der Waals surface area (Å²) in [4.78, 5) is 4.03. The van der Waals surface area contributed by atoms with Crippen LogP contribution in [0.25, 0.3) is 0 Å². The highest BCUT2D eigenvalue weighted by molar-refractivity contribution is 6.05. The van der Waals surface area contributed by atoms with Gasteiger partial charge < -0.3 is 5.73 Å². The summed E-state index contributed by atoms with van der Waals surface area (Å²) in [6, 6.07) is 5.28. The number of aromatic nitrogens is 1. The highest BCUT2D eigenvalue weighted by Gasteiger charge is 1.97. The second kappa shape index (κ2) is 4.40. The predicted molar refractivity (Wildman–Crippen MR) is 54.9 cm³/mol. The third-order valence-electron chi connectivity index (χ3n) is 1.57. The molecule has 0 bridgehead atoms. The minimum absolute atomic E-state index is 0.397. The van der Waals surface area contributed by atoms with Gasteiger partial charge in [0.15, 0.2) is 0 Å². The van der Waals surface area contributed by atoms with Crippen molar-refractivity contribution < 1.29 is 0 Å². The van der Waals surface area contributed by atoms with Crippen molar-refractivity contribution in [1.82, 2.24) is 4.98 Å². The molecular formula is C10H13N3. The first-order valence-corrected chi connectivity index (χ1v) is 4.22. The molecule has 0 saturated heterocycles. The van der Waals surface area contributed by atoms with Crippen molar-refractivity contribution in [1.29, 1.82) is 5.41 Å². The largest absolute Gasteiger partial charge is 0.384 e. The molecule has 13 heavy (non-hydrogen) atoms. The van der Waals surface area contributed by atoms with Crippen molar-refractivity contribution >= 4 is 11.5 Å². The number of rotatable bonds is 3. The molecule has 0 aliphatic carbocycles. The summed E-state index contributed by atoms with van der Waals surface area (Å²) < 4.78 is 0. The first kappa shape index (κ1) is 9.45. The van der Waals surface area contributed by atoms with Gasteiger partial charge in [0.1, 0.15) is 5.82 Å². The van der Waals surface area contributed by atoms with Gasteiger partial charge in [0, 0.05) is 0 Å². The number of nitrogens with one attached hydrogen (secondary N) is 1. The first-order valence-electron chi connectivity index (χ1n) is 4.22. The van der Waals surface area contributed by atoms with Crippen LogP contribution in [-0.4, -0.2) is 10.7 Å². The summed E-state index contributed by atoms with van der Waals surface area (Å²) in [5, 5.41) is 7.62. The Morgan fingerprint density at radius 2 is 2.38 bits per heavy atom. The standard InChI is InChI=1S/C10H13N3/c1-2-3-5-8(11)9-6-4-7-10(12)13-9/h3-7,11H,2H2,1H3,(H2,12,13)/b5-3-,11-8?. The Kier molecular flexibility index (Phi) is 3.20. The van der Waals surface area contributed by atoms with E-state index < -0.39 is 0 Å². The highest BCUT2D eigenvalue weighted by atomic mass is 14.8. The van der Waals surface area contributed by atoms with Gasteiger partial charge in [-0.25, -0.2) is 4.98 Å². The number of hydrogen-bond donors (Lipinski definition) is 2. The molecule has 0 saturated carbocycles. The second-order valence-corrected chi connectivity index (χ2v) is 2.67. The van der Waals surface area contributed by atoms with E-state index in [2.05, 4.69) is 4.98 Å². The summed E-state index contributed by atoms with van der Waals surface area (Å²) in [5.74, 6) is 0.451. The number of anilines is 1. The van der Waals surface area contributed by atoms with E-state index in [0.29, 0.717) is 17.2 Å². The van der Waals surface area contributed by atoms with E-state index in [1.165, 1.54) is 0 Å². The van der Waals surface area contributed by atoms with Crippen molar-refractivity contribution in [3.8, 4) is 0 Å². The molecule has 0 atom stereocenters. The fourth-order valence-electron chi connectivity index (χ4n) is 0.923. The fraction of sp³-hybridized carbons (Fsp3) is 0.200. The van der Waals surface area contributed by atoms with Gasteiger partial charge in [-0.3, -0.25) is 5.41 Å². The lowest BCUT2D eigenvalue weighted by Crippen LogP contribution is -2.00. The average Bonchev–Trinajstić information content (AvgIpc) is 2.14. The molecule has 3 heteroatoms. The van der Waals surface area contributed by atoms with Gasteiger partial charge in [-0.1, -0.05) is 19.1 Å². The van der Waals surface area contributed by atoms with Gasteiger partial charge >= 0.3 is 0 Å². The van der Waals surface area contributed by atoms with Crippen molar-refractivity contribution in [3.63, 3.8) is 0 Å². The summed E-state index contributed by atoms with van der Waals surface area (Å²) in [6.45, 7) is 2.02. The zero-order chi connectivity index (χ0) is 9.68. The van der Waals surface area contributed by atoms with E-state index in [-0.39, 0.29) is 0 Å². The van der Waals surface area contributed by atoms with Crippen LogP contribution in [-0.2, 0) is 0 Å². The van der Waals surface area contributed by atoms with Crippen LogP contribution >= 0.6 is 0 Å². The summed E-state index contributed by atoms with van der Waals surface area (Å²) in [6.07, 6.45) is 4.58. The Balaban J connectivity index is 2.83. The third-order valence-corrected chi connectivity index (χ3v) is 1.57. The van der Waals surface area contributed by atoms with Gasteiger partial charge in [-0.2, -0.15) is 0 Å². The maximum atomic E-state index is 7.62. The molecule has 0 aromatic carbocycles. The molecule has 0 fully saturated rings. The summed E-state index contributed by atoms with van der Waals surface area (Å²) >= 11 is 0. The molecule has 0 radical (unpaired) electrons. The zero-order valence-corrected chi connectivity index (χ0v) is 7.62. The molecule has 0 aliphatic heterocycles. The highest BCUT2D eigenvalue weighted by Crippen LogP contribution is 2.02. The van der Waals surface area contributed by atoms with Crippen molar-refractivity contribution in [2.24, 2.45) is 0 Å². The molecule has 0 amide bonds. The van der Waals surface area contributed by atoms with Crippen LogP contribution in [0.5, 0.6) is 0 Å². The molecule has 1 heterocycles. The van der Waals surface area contributed by atoms with Crippen LogP contribution in [0.2, 0.25) is 0 Å². The fourth-order valence-corrected chi connectivity index (χ4v) is 0.923. The van der Waals surface area contributed by atoms with Crippen LogP contribution in [0, 0.1) is 5.41 Å². The SMILES string of the molecule is CC/C=C\C(=N)c1cccc(N)n1. The molecule has 0 spiro atoms. The van der Waals surface area contributed by atoms with Crippen LogP contribution < -0.4 is 5.73 Å². The van der Waals surface area contributed by atoms with Crippen LogP contribution in [0.1, 0.15) is 19.0 Å². The molecular weight excluding hydrogens is 162 g/mol. The monoisotopic (exact) mass is 175 g/mol. The van der Waals surface area contributed by atoms with Gasteiger partial charge in [-0.05, 0) is 24.6 Å². The van der Waals surface area contributed by atoms with Gasteiger partial charge in [0.2, 0.25) is 0 Å². The van der Waals surface area contributed by atoms with Crippen molar-refractivity contribution in [2.45, 2.75) is 13.3 Å². The number of nitrogen functional groups attached to an aromatic ring is 1. The topological polar surface area (TPSA) is 62.8 Å². The molecule has 1 rings (SSSR count). The predicted octanol–water partition coefficient (Wildman–Crippen LogP) is 2.00. The van der Waals surface area contributed by atoms with Crippen LogP contribution in [0.15, 0.2) is 30.4 Å². The lowest BCUT2D eigenvalue weighted by Gasteiger charge is -1.98. The van der Waals surface area contributed by atoms with E-state index in [0.717, 1.165) is 6.42 Å². The van der Waals surface area contributed by atoms with E-state index in [1.54, 1.807) is 24.3 Å². The van der Waals surface area contributed by atoms with E-state index in [1.807, 2.05) is 13.0 Å². The smallest absolute Gasteiger partial charge is 0.124 e. The molecule has 0 aliphatic rings. The van der Waals surface area contributed by atoms with Crippen LogP contribution in [0.3, 0.4) is 0 Å². The first-order chi connectivity index (χ1) is 6.24. The minimum Gasteiger partial charge on any atom is -0.384 e. The molecule has 3 N–H and O–H groups in total. The van der Waals surface area contributed by atoms with E-state index in [9.17, 15) is 0 Å². The number of pyridine rings is 1. The van der Waals surface area contributed by atoms with Crippen LogP contribution in [0.4, 0.5) is 5.82 Å². The summed E-state index contributed by atoms with van der Waals surface area (Å²) in [5.41, 5.74) is 6.51. The lowest BCUT2D eigenvalue weighted by atomic mass is 10.2. The quantitative estimate of drug-likeness (QED) is 0.690. The van der Waals surface area contributed by atoms with Gasteiger partial charge in [0.05, 0.1) is 11.4 Å². The van der Waals surface area contributed by atoms with E-state index >= 15 is 0 Å². The zero-order valence-electron chi connectivity index (χ0n) is 7.62. The van der Waals surface area contributed by atoms with Crippen molar-refractivity contribution in [2.75, 3.05) is 5.73 Å². The number of nitrogens with two attached hydrogens (primary N) is 1. The Bertz CT molecular complexity index is 329. The normalized spacial score (nSPS) is 10.5. The lowest BCUT2D eigenvalue weighted by molar-refractivity contribution is 1.22. The average molecular weight is 175 g/mol. The number of hydrogen-bond acceptors (Lipinski definition) is 3. The summed E-state index contributed by atoms with van der Waals surface area (Å²) in [7, 11) is 0. The molecule has 1 aromatic rings. The molecule has 3 nitrogen and oxygen atoms in total. The maximum Gasteiger partial charge on any atom is 0.124 e. The van der Waals surface area contributed by atoms with Gasteiger partial charge in [0.25, 0.3) is 0 Å². The Morgan fingerprint density at radius 3 is 3.00 bits per heavy atom. The Hall–Kier alpha value is -1.64. The van der Waals surface area contributed by atoms with E-state index in [4.69, 9.17) is 11.1 Å². The van der Waals surface area contributed by atoms with Crippen molar-refractivity contribution in [3.05, 3.63) is 36.0 Å².